The number of hydrogen-bond acceptors (Lipinski definition) is 5. The summed E-state index contributed by atoms with van der Waals surface area (Å²) in [6.07, 6.45) is 0.242. The lowest BCUT2D eigenvalue weighted by molar-refractivity contribution is -0.128. The van der Waals surface area contributed by atoms with Gasteiger partial charge in [0.2, 0.25) is 11.8 Å². The number of aromatic nitrogens is 2. The first-order valence-electron chi connectivity index (χ1n) is 11.2. The van der Waals surface area contributed by atoms with E-state index in [0.717, 1.165) is 28.5 Å². The highest BCUT2D eigenvalue weighted by Crippen LogP contribution is 2.23. The number of carbonyl (C=O) groups excluding carboxylic acids is 2. The van der Waals surface area contributed by atoms with Gasteiger partial charge in [0.05, 0.1) is 12.0 Å². The molecule has 2 heterocycles. The van der Waals surface area contributed by atoms with Gasteiger partial charge in [0, 0.05) is 42.3 Å². The molecular formula is C26H29N5O2. The predicted octanol–water partition coefficient (Wildman–Crippen LogP) is 4.25. The fourth-order valence-electron chi connectivity index (χ4n) is 4.06. The Hall–Kier alpha value is -3.74. The largest absolute Gasteiger partial charge is 0.375 e. The lowest BCUT2D eigenvalue weighted by Crippen LogP contribution is -2.28. The summed E-state index contributed by atoms with van der Waals surface area (Å²) in [6, 6.07) is 19.3. The molecule has 1 saturated heterocycles. The number of nitrogens with one attached hydrogen (secondary N) is 2. The van der Waals surface area contributed by atoms with E-state index in [1.807, 2.05) is 81.4 Å². The van der Waals surface area contributed by atoms with Crippen molar-refractivity contribution in [1.82, 2.24) is 14.9 Å². The standard InChI is InChI=1S/C26H29N5O2/c1-17-13-18(2)28-25(27-17)19(3)29-22-9-11-23(12-10-22)30-26(33)21-14-24(32)31(16-21)15-20-7-5-4-6-8-20/h4-13,19,21,29H,14-16H2,1-3H3,(H,30,33). The van der Waals surface area contributed by atoms with E-state index in [-0.39, 0.29) is 30.2 Å². The second-order valence-corrected chi connectivity index (χ2v) is 8.60. The van der Waals surface area contributed by atoms with Gasteiger partial charge < -0.3 is 15.5 Å². The van der Waals surface area contributed by atoms with E-state index in [1.54, 1.807) is 4.90 Å². The van der Waals surface area contributed by atoms with Crippen LogP contribution >= 0.6 is 0 Å². The van der Waals surface area contributed by atoms with Crippen molar-refractivity contribution in [2.45, 2.75) is 39.8 Å². The van der Waals surface area contributed by atoms with Gasteiger partial charge in [-0.15, -0.1) is 0 Å². The molecule has 1 fully saturated rings. The van der Waals surface area contributed by atoms with Gasteiger partial charge in [0.1, 0.15) is 0 Å². The van der Waals surface area contributed by atoms with E-state index < -0.39 is 0 Å². The molecule has 1 aliphatic rings. The summed E-state index contributed by atoms with van der Waals surface area (Å²) in [6.45, 7) is 6.91. The summed E-state index contributed by atoms with van der Waals surface area (Å²) in [5, 5.41) is 6.34. The van der Waals surface area contributed by atoms with Crippen LogP contribution in [0.4, 0.5) is 11.4 Å². The van der Waals surface area contributed by atoms with Crippen LogP contribution in [0.3, 0.4) is 0 Å². The Kier molecular flexibility index (Phi) is 6.68. The molecule has 170 valence electrons. The first-order valence-corrected chi connectivity index (χ1v) is 11.2. The number of anilines is 2. The minimum absolute atomic E-state index is 0.0149. The van der Waals surface area contributed by atoms with Crippen molar-refractivity contribution in [3.63, 3.8) is 0 Å². The topological polar surface area (TPSA) is 87.2 Å². The van der Waals surface area contributed by atoms with Crippen LogP contribution in [0.15, 0.2) is 60.7 Å². The molecule has 0 radical (unpaired) electrons. The number of hydrogen-bond donors (Lipinski definition) is 2. The van der Waals surface area contributed by atoms with Crippen molar-refractivity contribution in [3.8, 4) is 0 Å². The Morgan fingerprint density at radius 2 is 1.67 bits per heavy atom. The molecule has 4 rings (SSSR count). The minimum Gasteiger partial charge on any atom is -0.375 e. The van der Waals surface area contributed by atoms with E-state index in [2.05, 4.69) is 20.6 Å². The van der Waals surface area contributed by atoms with Crippen LogP contribution in [0.5, 0.6) is 0 Å². The maximum atomic E-state index is 12.7. The van der Waals surface area contributed by atoms with Gasteiger partial charge in [0.15, 0.2) is 5.82 Å². The van der Waals surface area contributed by atoms with Gasteiger partial charge >= 0.3 is 0 Å². The normalized spacial score (nSPS) is 16.5. The summed E-state index contributed by atoms with van der Waals surface area (Å²) in [4.78, 5) is 35.9. The van der Waals surface area contributed by atoms with Gasteiger partial charge in [-0.1, -0.05) is 30.3 Å². The van der Waals surface area contributed by atoms with Gasteiger partial charge in [-0.25, -0.2) is 9.97 Å². The molecule has 7 heteroatoms. The highest BCUT2D eigenvalue weighted by molar-refractivity contribution is 5.97. The highest BCUT2D eigenvalue weighted by Gasteiger charge is 2.34. The highest BCUT2D eigenvalue weighted by atomic mass is 16.2. The third-order valence-electron chi connectivity index (χ3n) is 5.72. The average Bonchev–Trinajstić information content (AvgIpc) is 3.15. The average molecular weight is 444 g/mol. The maximum Gasteiger partial charge on any atom is 0.229 e. The van der Waals surface area contributed by atoms with Crippen LogP contribution in [-0.4, -0.2) is 33.2 Å². The van der Waals surface area contributed by atoms with Crippen molar-refractivity contribution >= 4 is 23.2 Å². The summed E-state index contributed by atoms with van der Waals surface area (Å²) in [5.41, 5.74) is 4.56. The minimum atomic E-state index is -0.347. The number of nitrogens with zero attached hydrogens (tertiary/aromatic N) is 3. The van der Waals surface area contributed by atoms with Crippen molar-refractivity contribution in [3.05, 3.63) is 83.4 Å². The number of likely N-dealkylation sites (tertiary alicyclic amines) is 1. The molecule has 2 N–H and O–H groups in total. The Labute approximate surface area is 194 Å². The molecule has 33 heavy (non-hydrogen) atoms. The van der Waals surface area contributed by atoms with E-state index in [4.69, 9.17) is 0 Å². The summed E-state index contributed by atoms with van der Waals surface area (Å²) < 4.78 is 0. The molecule has 2 amide bonds. The second kappa shape index (κ2) is 9.81. The Morgan fingerprint density at radius 1 is 1.03 bits per heavy atom. The zero-order chi connectivity index (χ0) is 23.4. The van der Waals surface area contributed by atoms with Gasteiger partial charge in [0.25, 0.3) is 0 Å². The quantitative estimate of drug-likeness (QED) is 0.570. The lowest BCUT2D eigenvalue weighted by atomic mass is 10.1. The molecule has 0 aliphatic carbocycles. The Bertz CT molecular complexity index is 1110. The van der Waals surface area contributed by atoms with Crippen LogP contribution in [0.25, 0.3) is 0 Å². The van der Waals surface area contributed by atoms with Crippen LogP contribution in [-0.2, 0) is 16.1 Å². The summed E-state index contributed by atoms with van der Waals surface area (Å²) in [7, 11) is 0. The first kappa shape index (κ1) is 22.5. The second-order valence-electron chi connectivity index (χ2n) is 8.60. The Morgan fingerprint density at radius 3 is 2.33 bits per heavy atom. The van der Waals surface area contributed by atoms with Gasteiger partial charge in [-0.05, 0) is 56.7 Å². The molecule has 2 atom stereocenters. The van der Waals surface area contributed by atoms with E-state index in [1.165, 1.54) is 0 Å². The summed E-state index contributed by atoms with van der Waals surface area (Å²) in [5.74, 6) is 0.286. The van der Waals surface area contributed by atoms with Crippen molar-refractivity contribution < 1.29 is 9.59 Å². The fraction of sp³-hybridized carbons (Fsp3) is 0.308. The van der Waals surface area contributed by atoms with Crippen LogP contribution in [0.1, 0.15) is 42.2 Å². The number of benzene rings is 2. The third kappa shape index (κ3) is 5.74. The van der Waals surface area contributed by atoms with Crippen LogP contribution in [0.2, 0.25) is 0 Å². The SMILES string of the molecule is Cc1cc(C)nc(C(C)Nc2ccc(NC(=O)C3CC(=O)N(Cc4ccccc4)C3)cc2)n1. The molecule has 3 aromatic rings. The maximum absolute atomic E-state index is 12.7. The van der Waals surface area contributed by atoms with E-state index in [9.17, 15) is 9.59 Å². The zero-order valence-electron chi connectivity index (χ0n) is 19.2. The zero-order valence-corrected chi connectivity index (χ0v) is 19.2. The Balaban J connectivity index is 1.32. The van der Waals surface area contributed by atoms with Crippen molar-refractivity contribution in [2.24, 2.45) is 5.92 Å². The first-order chi connectivity index (χ1) is 15.9. The molecule has 7 nitrogen and oxygen atoms in total. The smallest absolute Gasteiger partial charge is 0.229 e. The van der Waals surface area contributed by atoms with E-state index >= 15 is 0 Å². The third-order valence-corrected chi connectivity index (χ3v) is 5.72. The number of carbonyl (C=O) groups is 2. The summed E-state index contributed by atoms with van der Waals surface area (Å²) >= 11 is 0. The molecule has 1 aliphatic heterocycles. The van der Waals surface area contributed by atoms with Crippen molar-refractivity contribution in [1.29, 1.82) is 0 Å². The molecule has 2 unspecified atom stereocenters. The van der Waals surface area contributed by atoms with E-state index in [0.29, 0.717) is 18.8 Å². The van der Waals surface area contributed by atoms with Crippen molar-refractivity contribution in [2.75, 3.05) is 17.2 Å². The lowest BCUT2D eigenvalue weighted by Gasteiger charge is -2.17. The monoisotopic (exact) mass is 443 g/mol. The van der Waals surface area contributed by atoms with Crippen LogP contribution in [0, 0.1) is 19.8 Å². The van der Waals surface area contributed by atoms with Gasteiger partial charge in [-0.2, -0.15) is 0 Å². The number of rotatable bonds is 7. The molecular weight excluding hydrogens is 414 g/mol. The molecule has 1 aromatic heterocycles. The predicted molar refractivity (Wildman–Crippen MR) is 129 cm³/mol. The fourth-order valence-corrected chi connectivity index (χ4v) is 4.06. The molecule has 2 aromatic carbocycles. The number of aryl methyl sites for hydroxylation is 2. The van der Waals surface area contributed by atoms with Gasteiger partial charge in [-0.3, -0.25) is 9.59 Å². The van der Waals surface area contributed by atoms with Crippen LogP contribution < -0.4 is 10.6 Å². The molecule has 0 saturated carbocycles. The number of amides is 2. The molecule has 0 spiro atoms. The molecule has 0 bridgehead atoms.